The van der Waals surface area contributed by atoms with Crippen molar-refractivity contribution in [3.05, 3.63) is 120 Å². The summed E-state index contributed by atoms with van der Waals surface area (Å²) in [6.45, 7) is 0.784. The molecule has 11 heteroatoms. The smallest absolute Gasteiger partial charge is 0.244 e. The molecule has 0 spiro atoms. The second-order valence-corrected chi connectivity index (χ2v) is 10.6. The summed E-state index contributed by atoms with van der Waals surface area (Å²) in [6, 6.07) is 15.3. The molecule has 0 fully saturated rings. The number of ketones is 1. The molecular formula is C26H19Cl7N2O2. The highest BCUT2D eigenvalue weighted by Gasteiger charge is 2.21. The van der Waals surface area contributed by atoms with Crippen LogP contribution in [-0.2, 0) is 24.4 Å². The van der Waals surface area contributed by atoms with Crippen molar-refractivity contribution in [2.75, 3.05) is 0 Å². The van der Waals surface area contributed by atoms with Crippen molar-refractivity contribution in [1.29, 1.82) is 0 Å². The molecule has 1 heterocycles. The fourth-order valence-corrected chi connectivity index (χ4v) is 5.14. The topological polar surface area (TPSA) is 35.1 Å². The Labute approximate surface area is 251 Å². The fourth-order valence-electron chi connectivity index (χ4n) is 3.63. The van der Waals surface area contributed by atoms with Crippen LogP contribution in [0.2, 0.25) is 30.1 Å². The molecule has 0 aliphatic rings. The third-order valence-electron chi connectivity index (χ3n) is 5.45. The van der Waals surface area contributed by atoms with E-state index >= 15 is 0 Å². The molecule has 1 atom stereocenters. The maximum absolute atomic E-state index is 12.8. The van der Waals surface area contributed by atoms with Gasteiger partial charge in [-0.05, 0) is 48.0 Å². The number of aromatic nitrogens is 2. The van der Waals surface area contributed by atoms with E-state index in [1.165, 1.54) is 0 Å². The van der Waals surface area contributed by atoms with E-state index < -0.39 is 6.10 Å². The summed E-state index contributed by atoms with van der Waals surface area (Å²) in [5.74, 6) is -0.134. The van der Waals surface area contributed by atoms with Gasteiger partial charge < -0.3 is 17.1 Å². The summed E-state index contributed by atoms with van der Waals surface area (Å²) >= 11 is 37.1. The molecular weight excluding hydrogens is 620 g/mol. The van der Waals surface area contributed by atoms with Crippen LogP contribution >= 0.6 is 69.6 Å². The normalized spacial score (nSPS) is 11.7. The van der Waals surface area contributed by atoms with E-state index in [4.69, 9.17) is 74.3 Å². The van der Waals surface area contributed by atoms with E-state index in [9.17, 15) is 4.79 Å². The van der Waals surface area contributed by atoms with Gasteiger partial charge in [0.1, 0.15) is 25.0 Å². The van der Waals surface area contributed by atoms with Gasteiger partial charge in [-0.1, -0.05) is 81.7 Å². The van der Waals surface area contributed by atoms with Crippen LogP contribution in [0.5, 0.6) is 0 Å². The minimum atomic E-state index is -0.427. The summed E-state index contributed by atoms with van der Waals surface area (Å²) in [7, 11) is 0. The Morgan fingerprint density at radius 3 is 2.11 bits per heavy atom. The van der Waals surface area contributed by atoms with Crippen LogP contribution in [0.1, 0.15) is 27.6 Å². The lowest BCUT2D eigenvalue weighted by Gasteiger charge is -2.19. The molecule has 4 aromatic rings. The Hall–Kier alpha value is -1.47. The van der Waals surface area contributed by atoms with Crippen molar-refractivity contribution in [2.24, 2.45) is 0 Å². The van der Waals surface area contributed by atoms with Gasteiger partial charge in [0.25, 0.3) is 0 Å². The third-order valence-corrected chi connectivity index (χ3v) is 7.14. The molecule has 1 aromatic heterocycles. The number of carbonyl (C=O) groups excluding carboxylic acids is 1. The first kappa shape index (κ1) is 30.1. The number of nitrogens with zero attached hydrogens (tertiary/aromatic N) is 2. The van der Waals surface area contributed by atoms with Crippen molar-refractivity contribution in [3.63, 3.8) is 0 Å². The highest BCUT2D eigenvalue weighted by atomic mass is 35.5. The van der Waals surface area contributed by atoms with Gasteiger partial charge >= 0.3 is 0 Å². The third kappa shape index (κ3) is 8.01. The quantitative estimate of drug-likeness (QED) is 0.178. The fraction of sp³-hybridized carbons (Fsp3) is 0.154. The summed E-state index contributed by atoms with van der Waals surface area (Å²) < 4.78 is 9.94. The summed E-state index contributed by atoms with van der Waals surface area (Å²) in [5.41, 5.74) is 1.98. The van der Waals surface area contributed by atoms with E-state index in [0.717, 1.165) is 11.1 Å². The Morgan fingerprint density at radius 2 is 1.46 bits per heavy atom. The number of ether oxygens (including phenoxy) is 1. The minimum absolute atomic E-state index is 0. The molecule has 4 nitrogen and oxygen atoms in total. The number of carbonyl (C=O) groups is 1. The molecule has 0 bridgehead atoms. The van der Waals surface area contributed by atoms with E-state index in [-0.39, 0.29) is 31.3 Å². The Kier molecular flexibility index (Phi) is 11.0. The molecule has 4 rings (SSSR count). The van der Waals surface area contributed by atoms with E-state index in [2.05, 4.69) is 0 Å². The van der Waals surface area contributed by atoms with Crippen molar-refractivity contribution < 1.29 is 26.5 Å². The van der Waals surface area contributed by atoms with Crippen LogP contribution in [0.4, 0.5) is 0 Å². The van der Waals surface area contributed by atoms with Gasteiger partial charge in [-0.3, -0.25) is 4.79 Å². The number of hydrogen-bond acceptors (Lipinski definition) is 2. The van der Waals surface area contributed by atoms with Crippen molar-refractivity contribution in [2.45, 2.75) is 25.8 Å². The van der Waals surface area contributed by atoms with Crippen LogP contribution < -0.4 is 17.0 Å². The predicted molar refractivity (Wildman–Crippen MR) is 146 cm³/mol. The first-order chi connectivity index (χ1) is 17.2. The number of imidazole rings is 1. The molecule has 1 unspecified atom stereocenters. The molecule has 0 radical (unpaired) electrons. The lowest BCUT2D eigenvalue weighted by Crippen LogP contribution is -3.00. The zero-order chi connectivity index (χ0) is 25.8. The van der Waals surface area contributed by atoms with Crippen molar-refractivity contribution in [1.82, 2.24) is 4.57 Å². The zero-order valence-corrected chi connectivity index (χ0v) is 24.3. The summed E-state index contributed by atoms with van der Waals surface area (Å²) in [6.07, 6.45) is 5.05. The molecule has 3 aromatic carbocycles. The van der Waals surface area contributed by atoms with Gasteiger partial charge in [0.15, 0.2) is 6.54 Å². The molecule has 194 valence electrons. The molecule has 0 N–H and O–H groups in total. The van der Waals surface area contributed by atoms with Crippen molar-refractivity contribution in [3.8, 4) is 0 Å². The van der Waals surface area contributed by atoms with Crippen LogP contribution in [0, 0.1) is 0 Å². The SMILES string of the molecule is O=C(C[n+]1ccn(CC(OCc2ccc(Cl)cc2Cl)c2ccc(Cl)cc2Cl)c1)c1ccc(Cl)cc1Cl.[Cl-]. The average Bonchev–Trinajstić information content (AvgIpc) is 3.24. The first-order valence-corrected chi connectivity index (χ1v) is 13.0. The molecule has 37 heavy (non-hydrogen) atoms. The minimum Gasteiger partial charge on any atom is -1.00 e. The molecule has 0 amide bonds. The molecule has 0 aliphatic carbocycles. The van der Waals surface area contributed by atoms with E-state index in [1.807, 2.05) is 29.2 Å². The van der Waals surface area contributed by atoms with Gasteiger partial charge in [0.2, 0.25) is 12.1 Å². The zero-order valence-electron chi connectivity index (χ0n) is 19.0. The number of halogens is 7. The summed E-state index contributed by atoms with van der Waals surface area (Å²) in [5, 5.41) is 2.87. The van der Waals surface area contributed by atoms with Crippen LogP contribution in [-0.4, -0.2) is 10.4 Å². The predicted octanol–water partition coefficient (Wildman–Crippen LogP) is 5.54. The first-order valence-electron chi connectivity index (χ1n) is 10.7. The maximum atomic E-state index is 12.8. The lowest BCUT2D eigenvalue weighted by atomic mass is 10.1. The van der Waals surface area contributed by atoms with Gasteiger partial charge in [0, 0.05) is 36.2 Å². The Morgan fingerprint density at radius 1 is 0.838 bits per heavy atom. The number of rotatable bonds is 9. The highest BCUT2D eigenvalue weighted by Crippen LogP contribution is 2.31. The second kappa shape index (κ2) is 13.5. The monoisotopic (exact) mass is 636 g/mol. The Balaban J connectivity index is 0.00000380. The average molecular weight is 640 g/mol. The largest absolute Gasteiger partial charge is 1.00 e. The Bertz CT molecular complexity index is 1410. The standard InChI is InChI=1S/C26H19Cl6N2O2.ClH/c27-17-2-1-16(22(30)9-17)14-36-26(21-6-4-19(29)11-24(21)32)13-34-8-7-33(15-34)12-25(35)20-5-3-18(28)10-23(20)31;/h1-11,15,26H,12-14H2;1H/q+1;/p-1. The number of Topliss-reactive ketones (excluding diaryl/α,β-unsaturated/α-hetero) is 1. The maximum Gasteiger partial charge on any atom is 0.244 e. The van der Waals surface area contributed by atoms with Crippen LogP contribution in [0.25, 0.3) is 0 Å². The molecule has 0 aliphatic heterocycles. The highest BCUT2D eigenvalue weighted by molar-refractivity contribution is 6.37. The number of benzene rings is 3. The van der Waals surface area contributed by atoms with Crippen LogP contribution in [0.15, 0.2) is 73.3 Å². The molecule has 0 saturated heterocycles. The van der Waals surface area contributed by atoms with Crippen LogP contribution in [0.3, 0.4) is 0 Å². The lowest BCUT2D eigenvalue weighted by molar-refractivity contribution is -0.682. The summed E-state index contributed by atoms with van der Waals surface area (Å²) in [4.78, 5) is 12.8. The van der Waals surface area contributed by atoms with E-state index in [1.54, 1.807) is 53.2 Å². The molecule has 0 saturated carbocycles. The van der Waals surface area contributed by atoms with Gasteiger partial charge in [-0.15, -0.1) is 0 Å². The van der Waals surface area contributed by atoms with E-state index in [0.29, 0.717) is 42.2 Å². The second-order valence-electron chi connectivity index (χ2n) is 8.03. The van der Waals surface area contributed by atoms with Gasteiger partial charge in [0.05, 0.1) is 11.6 Å². The van der Waals surface area contributed by atoms with Gasteiger partial charge in [-0.25, -0.2) is 9.13 Å². The number of hydrogen-bond donors (Lipinski definition) is 0. The van der Waals surface area contributed by atoms with Gasteiger partial charge in [-0.2, -0.15) is 0 Å². The van der Waals surface area contributed by atoms with Crippen molar-refractivity contribution >= 4 is 75.4 Å².